The summed E-state index contributed by atoms with van der Waals surface area (Å²) < 4.78 is 2.12. The number of hydrogen-bond acceptors (Lipinski definition) is 3. The highest BCUT2D eigenvalue weighted by Crippen LogP contribution is 2.50. The van der Waals surface area contributed by atoms with Crippen LogP contribution in [0.3, 0.4) is 0 Å². The Morgan fingerprint density at radius 2 is 1.22 bits per heavy atom. The van der Waals surface area contributed by atoms with Crippen molar-refractivity contribution in [3.8, 4) is 28.3 Å². The Balaban J connectivity index is 1.29. The van der Waals surface area contributed by atoms with Crippen LogP contribution in [-0.2, 0) is 5.41 Å². The van der Waals surface area contributed by atoms with Crippen molar-refractivity contribution >= 4 is 65.2 Å². The highest BCUT2D eigenvalue weighted by molar-refractivity contribution is 6.35. The van der Waals surface area contributed by atoms with E-state index in [1.165, 1.54) is 22.3 Å². The molecule has 0 saturated heterocycles. The number of fused-ring (bicyclic) bond motifs is 14. The van der Waals surface area contributed by atoms with Gasteiger partial charge in [0.15, 0.2) is 0 Å². The summed E-state index contributed by atoms with van der Waals surface area (Å²) in [6.45, 7) is 4.61. The van der Waals surface area contributed by atoms with Gasteiger partial charge in [-0.2, -0.15) is 0 Å². The molecule has 0 fully saturated rings. The van der Waals surface area contributed by atoms with Crippen molar-refractivity contribution < 1.29 is 0 Å². The second kappa shape index (κ2) is 9.99. The summed E-state index contributed by atoms with van der Waals surface area (Å²) in [5.74, 6) is 0.530. The number of benzene rings is 7. The van der Waals surface area contributed by atoms with Gasteiger partial charge in [-0.3, -0.25) is 9.36 Å². The van der Waals surface area contributed by atoms with Gasteiger partial charge in [-0.1, -0.05) is 129 Å². The average molecular weight is 655 g/mol. The maximum absolute atomic E-state index is 14.4. The zero-order valence-corrected chi connectivity index (χ0v) is 28.0. The largest absolute Gasteiger partial charge is 0.321 e. The molecule has 3 aromatic heterocycles. The Labute approximate surface area is 292 Å². The minimum Gasteiger partial charge on any atom is -0.321 e. The van der Waals surface area contributed by atoms with E-state index in [0.29, 0.717) is 11.3 Å². The van der Waals surface area contributed by atoms with Crippen LogP contribution >= 0.6 is 0 Å². The van der Waals surface area contributed by atoms with Crippen LogP contribution in [0.25, 0.3) is 93.5 Å². The molecule has 1 N–H and O–H groups in total. The molecule has 1 aliphatic rings. The van der Waals surface area contributed by atoms with E-state index in [4.69, 9.17) is 9.97 Å². The van der Waals surface area contributed by atoms with Crippen molar-refractivity contribution in [2.24, 2.45) is 0 Å². The third-order valence-electron chi connectivity index (χ3n) is 11.1. The van der Waals surface area contributed by atoms with Gasteiger partial charge in [0, 0.05) is 43.4 Å². The Morgan fingerprint density at radius 3 is 2.06 bits per heavy atom. The smallest absolute Gasteiger partial charge is 0.258 e. The molecule has 0 spiro atoms. The molecule has 0 unspecified atom stereocenters. The predicted octanol–water partition coefficient (Wildman–Crippen LogP) is 10.8. The van der Waals surface area contributed by atoms with Gasteiger partial charge in [0.2, 0.25) is 5.95 Å². The Bertz CT molecular complexity index is 3200. The zero-order valence-electron chi connectivity index (χ0n) is 28.0. The van der Waals surface area contributed by atoms with Crippen LogP contribution in [0.5, 0.6) is 0 Å². The van der Waals surface area contributed by atoms with E-state index < -0.39 is 0 Å². The number of H-pyrrole nitrogens is 1. The van der Waals surface area contributed by atoms with Crippen molar-refractivity contribution in [2.75, 3.05) is 0 Å². The van der Waals surface area contributed by atoms with E-state index in [9.17, 15) is 4.79 Å². The fourth-order valence-electron chi connectivity index (χ4n) is 8.86. The molecule has 0 aliphatic heterocycles. The molecule has 0 radical (unpaired) electrons. The lowest BCUT2D eigenvalue weighted by atomic mass is 9.82. The first-order chi connectivity index (χ1) is 25.0. The lowest BCUT2D eigenvalue weighted by Crippen LogP contribution is -2.15. The summed E-state index contributed by atoms with van der Waals surface area (Å²) in [7, 11) is 0. The number of rotatable bonds is 2. The standard InChI is InChI=1S/C46H30N4O/c1-46(2)34-19-9-5-13-27(34)28-24-23-26(25-35(28)46)42-32-17-7-11-21-37(32)48-45(49-42)50-38-22-12-8-18-33(38)40-30-15-4-3-14-29(30)39-31-16-6-10-20-36(31)47-44(51)41(39)43(40)50/h3-25H,1-2H3,(H,47,51). The highest BCUT2D eigenvalue weighted by Gasteiger charge is 2.35. The van der Waals surface area contributed by atoms with Gasteiger partial charge in [0.05, 0.1) is 27.6 Å². The van der Waals surface area contributed by atoms with E-state index in [-0.39, 0.29) is 11.0 Å². The Kier molecular flexibility index (Phi) is 5.54. The lowest BCUT2D eigenvalue weighted by molar-refractivity contribution is 0.660. The quantitative estimate of drug-likeness (QED) is 0.189. The molecular weight excluding hydrogens is 625 g/mol. The molecule has 7 aromatic carbocycles. The highest BCUT2D eigenvalue weighted by atomic mass is 16.1. The molecule has 1 aliphatic carbocycles. The fraction of sp³-hybridized carbons (Fsp3) is 0.0652. The monoisotopic (exact) mass is 654 g/mol. The number of aromatic amines is 1. The van der Waals surface area contributed by atoms with Gasteiger partial charge in [-0.05, 0) is 57.3 Å². The molecule has 0 amide bonds. The lowest BCUT2D eigenvalue weighted by Gasteiger charge is -2.22. The van der Waals surface area contributed by atoms with E-state index >= 15 is 0 Å². The SMILES string of the molecule is CC1(C)c2ccccc2-c2ccc(-c3nc(-n4c5ccccc5c5c6ccccc6c6c7ccccc7[nH]c(=O)c6c54)nc4ccccc34)cc21. The van der Waals surface area contributed by atoms with E-state index in [0.717, 1.165) is 71.0 Å². The third kappa shape index (κ3) is 3.72. The van der Waals surface area contributed by atoms with Crippen LogP contribution in [-0.4, -0.2) is 19.5 Å². The summed E-state index contributed by atoms with van der Waals surface area (Å²) in [4.78, 5) is 28.3. The van der Waals surface area contributed by atoms with Gasteiger partial charge >= 0.3 is 0 Å². The number of nitrogens with one attached hydrogen (secondary N) is 1. The summed E-state index contributed by atoms with van der Waals surface area (Å²) in [5.41, 5.74) is 10.2. The number of aromatic nitrogens is 4. The summed E-state index contributed by atoms with van der Waals surface area (Å²) in [6.07, 6.45) is 0. The molecule has 5 heteroatoms. The topological polar surface area (TPSA) is 63.6 Å². The second-order valence-corrected chi connectivity index (χ2v) is 14.2. The maximum Gasteiger partial charge on any atom is 0.258 e. The first kappa shape index (κ1) is 28.3. The molecule has 0 atom stereocenters. The zero-order chi connectivity index (χ0) is 34.0. The Morgan fingerprint density at radius 1 is 0.569 bits per heavy atom. The van der Waals surface area contributed by atoms with Crippen molar-refractivity contribution in [3.63, 3.8) is 0 Å². The minimum atomic E-state index is -0.149. The van der Waals surface area contributed by atoms with Crippen molar-refractivity contribution in [2.45, 2.75) is 19.3 Å². The van der Waals surface area contributed by atoms with E-state index in [1.807, 2.05) is 36.4 Å². The predicted molar refractivity (Wildman–Crippen MR) is 210 cm³/mol. The van der Waals surface area contributed by atoms with Crippen LogP contribution < -0.4 is 5.56 Å². The van der Waals surface area contributed by atoms with Gasteiger partial charge in [-0.25, -0.2) is 9.97 Å². The molecule has 5 nitrogen and oxygen atoms in total. The Hall–Kier alpha value is -6.59. The van der Waals surface area contributed by atoms with E-state index in [2.05, 4.69) is 127 Å². The van der Waals surface area contributed by atoms with Crippen LogP contribution in [0.1, 0.15) is 25.0 Å². The van der Waals surface area contributed by atoms with Crippen LogP contribution in [0.15, 0.2) is 144 Å². The third-order valence-corrected chi connectivity index (χ3v) is 11.1. The molecule has 240 valence electrons. The first-order valence-corrected chi connectivity index (χ1v) is 17.4. The van der Waals surface area contributed by atoms with E-state index in [1.54, 1.807) is 0 Å². The molecule has 11 rings (SSSR count). The van der Waals surface area contributed by atoms with Gasteiger partial charge in [0.1, 0.15) is 0 Å². The molecule has 0 bridgehead atoms. The van der Waals surface area contributed by atoms with Crippen molar-refractivity contribution in [1.29, 1.82) is 0 Å². The van der Waals surface area contributed by atoms with Gasteiger partial charge < -0.3 is 4.98 Å². The minimum absolute atomic E-state index is 0.134. The molecule has 0 saturated carbocycles. The molecule has 10 aromatic rings. The van der Waals surface area contributed by atoms with Crippen LogP contribution in [0.2, 0.25) is 0 Å². The van der Waals surface area contributed by atoms with Gasteiger partial charge in [-0.15, -0.1) is 0 Å². The van der Waals surface area contributed by atoms with Crippen LogP contribution in [0.4, 0.5) is 0 Å². The van der Waals surface area contributed by atoms with Crippen molar-refractivity contribution in [1.82, 2.24) is 19.5 Å². The maximum atomic E-state index is 14.4. The van der Waals surface area contributed by atoms with Crippen LogP contribution in [0, 0.1) is 0 Å². The average Bonchev–Trinajstić information content (AvgIpc) is 3.63. The molecule has 51 heavy (non-hydrogen) atoms. The first-order valence-electron chi connectivity index (χ1n) is 17.4. The number of para-hydroxylation sites is 3. The summed E-state index contributed by atoms with van der Waals surface area (Å²) >= 11 is 0. The number of hydrogen-bond donors (Lipinski definition) is 1. The summed E-state index contributed by atoms with van der Waals surface area (Å²) in [6, 6.07) is 48.6. The fourth-order valence-corrected chi connectivity index (χ4v) is 8.86. The van der Waals surface area contributed by atoms with Gasteiger partial charge in [0.25, 0.3) is 5.56 Å². The van der Waals surface area contributed by atoms with Crippen molar-refractivity contribution in [3.05, 3.63) is 161 Å². The normalized spacial score (nSPS) is 13.5. The molecular formula is C46H30N4O. The number of pyridine rings is 1. The summed E-state index contributed by atoms with van der Waals surface area (Å²) in [5, 5.41) is 7.76. The number of nitrogens with zero attached hydrogens (tertiary/aromatic N) is 3. The second-order valence-electron chi connectivity index (χ2n) is 14.2. The molecule has 3 heterocycles.